The molecule has 0 radical (unpaired) electrons. The molecule has 4 rings (SSSR count). The van der Waals surface area contributed by atoms with Crippen LogP contribution in [-0.2, 0) is 25.6 Å². The van der Waals surface area contributed by atoms with Gasteiger partial charge >= 0.3 is 0 Å². The highest BCUT2D eigenvalue weighted by atomic mass is 35.5. The summed E-state index contributed by atoms with van der Waals surface area (Å²) in [7, 11) is 0. The molecule has 0 aromatic heterocycles. The number of benzene rings is 1. The van der Waals surface area contributed by atoms with Gasteiger partial charge in [-0.25, -0.2) is 0 Å². The van der Waals surface area contributed by atoms with Crippen LogP contribution in [0.4, 0.5) is 0 Å². The second-order valence-corrected chi connectivity index (χ2v) is 10.7. The van der Waals surface area contributed by atoms with Crippen LogP contribution in [0, 0.1) is 11.8 Å². The van der Waals surface area contributed by atoms with Gasteiger partial charge in [0.25, 0.3) is 5.91 Å². The quantitative estimate of drug-likeness (QED) is 0.115. The summed E-state index contributed by atoms with van der Waals surface area (Å²) in [6, 6.07) is 4.53. The van der Waals surface area contributed by atoms with E-state index in [4.69, 9.17) is 11.5 Å². The Bertz CT molecular complexity index is 1310. The molecule has 1 amide bonds. The summed E-state index contributed by atoms with van der Waals surface area (Å²) in [6.45, 7) is 2.21. The number of rotatable bonds is 10. The van der Waals surface area contributed by atoms with Gasteiger partial charge < -0.3 is 37.2 Å². The van der Waals surface area contributed by atoms with E-state index in [1.54, 1.807) is 12.1 Å². The third kappa shape index (κ3) is 5.37. The lowest BCUT2D eigenvalue weighted by Crippen LogP contribution is -2.74. The lowest BCUT2D eigenvalue weighted by molar-refractivity contribution is -0.164. The number of hydrogen-bond acceptors (Lipinski definition) is 10. The average Bonchev–Trinajstić information content (AvgIpc) is 2.88. The first-order chi connectivity index (χ1) is 18.4. The maximum absolute atomic E-state index is 13.8. The van der Waals surface area contributed by atoms with Crippen LogP contribution in [0.15, 0.2) is 35.1 Å². The fourth-order valence-electron chi connectivity index (χ4n) is 6.24. The molecule has 0 bridgehead atoms. The van der Waals surface area contributed by atoms with E-state index in [1.165, 1.54) is 6.07 Å². The van der Waals surface area contributed by atoms with Crippen molar-refractivity contribution in [2.24, 2.45) is 23.3 Å². The van der Waals surface area contributed by atoms with Crippen LogP contribution >= 0.6 is 24.8 Å². The molecule has 4 unspecified atom stereocenters. The zero-order chi connectivity index (χ0) is 28.7. The first-order valence-electron chi connectivity index (χ1n) is 13.2. The Balaban J connectivity index is 0.00000294. The van der Waals surface area contributed by atoms with E-state index in [-0.39, 0.29) is 61.1 Å². The number of aliphatic hydroxyl groups is 3. The molecular formula is C28H37Cl2N3O8. The second kappa shape index (κ2) is 12.9. The van der Waals surface area contributed by atoms with Crippen molar-refractivity contribution in [2.45, 2.75) is 63.0 Å². The van der Waals surface area contributed by atoms with Crippen molar-refractivity contribution in [3.63, 3.8) is 0 Å². The largest absolute Gasteiger partial charge is 0.509 e. The molecule has 41 heavy (non-hydrogen) atoms. The standard InChI is InChI=1S/C28H35N3O8.2ClH/c1-2-3-4-5-6-10-31-13-18(33)27(30)17-12-15-11-14-8-7-9-16(32)19(14)22(34)20(15)24(36)28(17,39)25(37)21(23(27)35)26(29)38;;/h7-9,15,17,31-32,34-35,39H,2-6,10-13,30H2,1H3,(H2,29,38);2*1H. The number of carbonyl (C=O) groups excluding carboxylic acids is 4. The number of primary amides is 1. The maximum Gasteiger partial charge on any atom is 0.255 e. The van der Waals surface area contributed by atoms with Gasteiger partial charge in [-0.3, -0.25) is 19.2 Å². The molecule has 1 aromatic carbocycles. The number of halogens is 2. The minimum absolute atomic E-state index is 0. The average molecular weight is 615 g/mol. The predicted molar refractivity (Wildman–Crippen MR) is 155 cm³/mol. The lowest BCUT2D eigenvalue weighted by Gasteiger charge is -2.52. The number of ketones is 3. The van der Waals surface area contributed by atoms with E-state index in [0.29, 0.717) is 12.1 Å². The van der Waals surface area contributed by atoms with E-state index >= 15 is 0 Å². The molecule has 0 saturated heterocycles. The number of phenolic OH excluding ortho intramolecular Hbond substituents is 1. The number of aromatic hydroxyl groups is 1. The van der Waals surface area contributed by atoms with Gasteiger partial charge in [0.2, 0.25) is 11.6 Å². The van der Waals surface area contributed by atoms with Crippen molar-refractivity contribution in [3.05, 3.63) is 46.2 Å². The Hall–Kier alpha value is -2.96. The summed E-state index contributed by atoms with van der Waals surface area (Å²) in [4.78, 5) is 53.0. The fourth-order valence-corrected chi connectivity index (χ4v) is 6.24. The number of hydrogen-bond donors (Lipinski definition) is 7. The van der Waals surface area contributed by atoms with Gasteiger partial charge in [-0.15, -0.1) is 24.8 Å². The van der Waals surface area contributed by atoms with E-state index in [2.05, 4.69) is 12.2 Å². The number of fused-ring (bicyclic) bond motifs is 3. The number of unbranched alkanes of at least 4 members (excludes halogenated alkanes) is 4. The highest BCUT2D eigenvalue weighted by Gasteiger charge is 2.70. The van der Waals surface area contributed by atoms with E-state index < -0.39 is 63.3 Å². The first-order valence-corrected chi connectivity index (χ1v) is 13.2. The molecule has 9 N–H and O–H groups in total. The SMILES string of the molecule is CCCCCCCNCC(=O)C1(N)C(O)=C(C(N)=O)C(=O)C2(O)C(=O)C3=C(O)c4c(O)cccc4CC3CC12.Cl.Cl. The zero-order valence-electron chi connectivity index (χ0n) is 22.6. The molecule has 3 aliphatic rings. The number of phenols is 1. The van der Waals surface area contributed by atoms with Gasteiger partial charge in [-0.2, -0.15) is 0 Å². The molecule has 226 valence electrons. The van der Waals surface area contributed by atoms with E-state index in [0.717, 1.165) is 32.1 Å². The van der Waals surface area contributed by atoms with Gasteiger partial charge in [0, 0.05) is 11.5 Å². The van der Waals surface area contributed by atoms with Crippen molar-refractivity contribution in [3.8, 4) is 5.75 Å². The maximum atomic E-state index is 13.8. The summed E-state index contributed by atoms with van der Waals surface area (Å²) < 4.78 is 0. The molecule has 13 heteroatoms. The van der Waals surface area contributed by atoms with Crippen molar-refractivity contribution in [1.82, 2.24) is 5.32 Å². The monoisotopic (exact) mass is 613 g/mol. The number of amides is 1. The van der Waals surface area contributed by atoms with Gasteiger partial charge in [0.15, 0.2) is 11.4 Å². The molecule has 11 nitrogen and oxygen atoms in total. The third-order valence-electron chi connectivity index (χ3n) is 8.31. The van der Waals surface area contributed by atoms with Crippen LogP contribution < -0.4 is 16.8 Å². The van der Waals surface area contributed by atoms with Crippen LogP contribution in [0.5, 0.6) is 5.75 Å². The Morgan fingerprint density at radius 3 is 2.34 bits per heavy atom. The molecule has 1 aromatic rings. The fraction of sp³-hybridized carbons (Fsp3) is 0.500. The van der Waals surface area contributed by atoms with Crippen LogP contribution in [-0.4, -0.2) is 67.9 Å². The van der Waals surface area contributed by atoms with Crippen molar-refractivity contribution >= 4 is 53.8 Å². The van der Waals surface area contributed by atoms with Crippen LogP contribution in [0.25, 0.3) is 5.76 Å². The minimum Gasteiger partial charge on any atom is -0.509 e. The van der Waals surface area contributed by atoms with Gasteiger partial charge in [0.1, 0.15) is 28.4 Å². The van der Waals surface area contributed by atoms with Crippen molar-refractivity contribution in [2.75, 3.05) is 13.1 Å². The predicted octanol–water partition coefficient (Wildman–Crippen LogP) is 1.70. The summed E-state index contributed by atoms with van der Waals surface area (Å²) >= 11 is 0. The zero-order valence-corrected chi connectivity index (χ0v) is 24.3. The topological polar surface area (TPSA) is 213 Å². The number of aliphatic hydroxyl groups excluding tert-OH is 2. The Labute approximate surface area is 249 Å². The normalized spacial score (nSPS) is 26.8. The number of nitrogens with two attached hydrogens (primary N) is 2. The van der Waals surface area contributed by atoms with Crippen molar-refractivity contribution < 1.29 is 39.6 Å². The van der Waals surface area contributed by atoms with Crippen LogP contribution in [0.1, 0.15) is 56.6 Å². The highest BCUT2D eigenvalue weighted by Crippen LogP contribution is 2.53. The minimum atomic E-state index is -3.05. The van der Waals surface area contributed by atoms with Gasteiger partial charge in [-0.1, -0.05) is 44.7 Å². The van der Waals surface area contributed by atoms with Gasteiger partial charge in [-0.05, 0) is 43.4 Å². The first kappa shape index (κ1) is 34.2. The summed E-state index contributed by atoms with van der Waals surface area (Å²) in [5, 5.41) is 47.0. The Kier molecular flexibility index (Phi) is 10.8. The summed E-state index contributed by atoms with van der Waals surface area (Å²) in [6.07, 6.45) is 4.83. The molecule has 3 aliphatic carbocycles. The third-order valence-corrected chi connectivity index (χ3v) is 8.31. The van der Waals surface area contributed by atoms with Crippen LogP contribution in [0.3, 0.4) is 0 Å². The second-order valence-electron chi connectivity index (χ2n) is 10.7. The number of nitrogens with one attached hydrogen (secondary N) is 1. The summed E-state index contributed by atoms with van der Waals surface area (Å²) in [5.41, 5.74) is 5.36. The molecular weight excluding hydrogens is 577 g/mol. The Morgan fingerprint density at radius 1 is 1.05 bits per heavy atom. The molecule has 4 atom stereocenters. The molecule has 0 heterocycles. The molecule has 0 aliphatic heterocycles. The van der Waals surface area contributed by atoms with Gasteiger partial charge in [0.05, 0.1) is 12.1 Å². The molecule has 1 saturated carbocycles. The number of carbonyl (C=O) groups is 4. The number of Topliss-reactive ketones (excluding diaryl/α,β-unsaturated/α-hetero) is 3. The smallest absolute Gasteiger partial charge is 0.255 e. The van der Waals surface area contributed by atoms with Crippen LogP contribution in [0.2, 0.25) is 0 Å². The van der Waals surface area contributed by atoms with Crippen molar-refractivity contribution in [1.29, 1.82) is 0 Å². The van der Waals surface area contributed by atoms with E-state index in [1.807, 2.05) is 0 Å². The lowest BCUT2D eigenvalue weighted by atomic mass is 9.52. The molecule has 0 spiro atoms. The van der Waals surface area contributed by atoms with E-state index in [9.17, 15) is 39.6 Å². The highest BCUT2D eigenvalue weighted by molar-refractivity contribution is 6.34. The Morgan fingerprint density at radius 2 is 1.71 bits per heavy atom. The summed E-state index contributed by atoms with van der Waals surface area (Å²) in [5.74, 6) is -9.46. The molecule has 1 fully saturated rings.